The molecule has 0 spiro atoms. The number of ether oxygens (including phenoxy) is 1. The second kappa shape index (κ2) is 10.3. The maximum atomic E-state index is 14.2. The van der Waals surface area contributed by atoms with E-state index in [0.29, 0.717) is 22.0 Å². The van der Waals surface area contributed by atoms with Crippen LogP contribution in [0.5, 0.6) is 11.5 Å². The zero-order valence-electron chi connectivity index (χ0n) is 19.1. The Morgan fingerprint density at radius 3 is 2.46 bits per heavy atom. The molecule has 37 heavy (non-hydrogen) atoms. The van der Waals surface area contributed by atoms with Gasteiger partial charge in [-0.05, 0) is 54.1 Å². The van der Waals surface area contributed by atoms with Gasteiger partial charge < -0.3 is 9.84 Å². The normalized spacial score (nSPS) is 11.0. The third-order valence-electron chi connectivity index (χ3n) is 5.46. The summed E-state index contributed by atoms with van der Waals surface area (Å²) in [7, 11) is 0. The summed E-state index contributed by atoms with van der Waals surface area (Å²) in [6.45, 7) is -0.112. The van der Waals surface area contributed by atoms with E-state index >= 15 is 0 Å². The van der Waals surface area contributed by atoms with Crippen molar-refractivity contribution in [2.45, 2.75) is 6.42 Å². The zero-order chi connectivity index (χ0) is 25.9. The Hall–Kier alpha value is -4.41. The van der Waals surface area contributed by atoms with Gasteiger partial charge in [0, 0.05) is 29.7 Å². The third kappa shape index (κ3) is 5.11. The molecule has 2 aromatic heterocycles. The van der Waals surface area contributed by atoms with Gasteiger partial charge in [0.15, 0.2) is 0 Å². The molecule has 0 aliphatic rings. The quantitative estimate of drug-likeness (QED) is 0.332. The first-order valence-electron chi connectivity index (χ1n) is 11.1. The number of aliphatic hydroxyl groups is 1. The van der Waals surface area contributed by atoms with Gasteiger partial charge in [-0.1, -0.05) is 28.9 Å². The molecular formula is C26H18ClF2N5O3. The topological polar surface area (TPSA) is 95.1 Å². The molecule has 5 aromatic rings. The summed E-state index contributed by atoms with van der Waals surface area (Å²) in [5.41, 5.74) is 1.35. The minimum Gasteiger partial charge on any atom is -0.449 e. The summed E-state index contributed by atoms with van der Waals surface area (Å²) >= 11 is 5.97. The van der Waals surface area contributed by atoms with Gasteiger partial charge in [0.1, 0.15) is 23.1 Å². The molecule has 2 heterocycles. The van der Waals surface area contributed by atoms with Crippen molar-refractivity contribution >= 4 is 11.6 Å². The van der Waals surface area contributed by atoms with Crippen molar-refractivity contribution in [3.63, 3.8) is 0 Å². The fraction of sp³-hybridized carbons (Fsp3) is 0.0769. The van der Waals surface area contributed by atoms with Crippen LogP contribution in [-0.4, -0.2) is 36.5 Å². The number of benzene rings is 3. The maximum Gasteiger partial charge on any atom is 0.316 e. The number of rotatable bonds is 7. The Labute approximate surface area is 214 Å². The van der Waals surface area contributed by atoms with Crippen molar-refractivity contribution in [1.29, 1.82) is 0 Å². The summed E-state index contributed by atoms with van der Waals surface area (Å²) < 4.78 is 36.0. The molecule has 5 rings (SSSR count). The highest BCUT2D eigenvalue weighted by Crippen LogP contribution is 2.29. The van der Waals surface area contributed by atoms with E-state index in [9.17, 15) is 18.7 Å². The fourth-order valence-corrected chi connectivity index (χ4v) is 3.77. The lowest BCUT2D eigenvalue weighted by Gasteiger charge is -2.13. The van der Waals surface area contributed by atoms with E-state index in [1.807, 2.05) is 0 Å². The van der Waals surface area contributed by atoms with Crippen LogP contribution in [0.4, 0.5) is 8.78 Å². The second-order valence-electron chi connectivity index (χ2n) is 7.93. The molecule has 0 unspecified atom stereocenters. The lowest BCUT2D eigenvalue weighted by Crippen LogP contribution is -2.24. The Kier molecular flexibility index (Phi) is 6.76. The first kappa shape index (κ1) is 24.3. The molecule has 0 atom stereocenters. The number of aromatic nitrogens is 5. The van der Waals surface area contributed by atoms with Crippen molar-refractivity contribution in [3.05, 3.63) is 112 Å². The molecule has 0 amide bonds. The van der Waals surface area contributed by atoms with Crippen LogP contribution in [0.25, 0.3) is 22.5 Å². The second-order valence-corrected chi connectivity index (χ2v) is 8.37. The summed E-state index contributed by atoms with van der Waals surface area (Å²) in [6, 6.07) is 16.2. The maximum absolute atomic E-state index is 14.2. The third-order valence-corrected chi connectivity index (χ3v) is 5.71. The first-order chi connectivity index (χ1) is 17.9. The lowest BCUT2D eigenvalue weighted by atomic mass is 10.1. The van der Waals surface area contributed by atoms with E-state index in [4.69, 9.17) is 16.3 Å². The average Bonchev–Trinajstić information content (AvgIpc) is 3.35. The van der Waals surface area contributed by atoms with Crippen LogP contribution < -0.4 is 10.3 Å². The van der Waals surface area contributed by atoms with E-state index in [2.05, 4.69) is 15.4 Å². The molecule has 8 nitrogen and oxygen atoms in total. The molecule has 0 saturated carbocycles. The van der Waals surface area contributed by atoms with Crippen molar-refractivity contribution in [2.75, 3.05) is 6.61 Å². The predicted octanol–water partition coefficient (Wildman–Crippen LogP) is 4.74. The molecule has 11 heteroatoms. The largest absolute Gasteiger partial charge is 0.449 e. The summed E-state index contributed by atoms with van der Waals surface area (Å²) in [5.74, 6) is -1.17. The van der Waals surface area contributed by atoms with E-state index in [0.717, 1.165) is 10.7 Å². The number of hydrogen-bond donors (Lipinski definition) is 1. The van der Waals surface area contributed by atoms with Crippen LogP contribution >= 0.6 is 11.6 Å². The highest BCUT2D eigenvalue weighted by atomic mass is 35.5. The molecule has 0 radical (unpaired) electrons. The van der Waals surface area contributed by atoms with Crippen molar-refractivity contribution in [1.82, 2.24) is 24.8 Å². The van der Waals surface area contributed by atoms with Gasteiger partial charge in [0.25, 0.3) is 0 Å². The van der Waals surface area contributed by atoms with Crippen molar-refractivity contribution in [2.24, 2.45) is 0 Å². The van der Waals surface area contributed by atoms with Crippen LogP contribution in [-0.2, 0) is 6.42 Å². The monoisotopic (exact) mass is 521 g/mol. The van der Waals surface area contributed by atoms with Crippen LogP contribution in [0.3, 0.4) is 0 Å². The highest BCUT2D eigenvalue weighted by molar-refractivity contribution is 6.30. The van der Waals surface area contributed by atoms with E-state index < -0.39 is 17.2 Å². The predicted molar refractivity (Wildman–Crippen MR) is 132 cm³/mol. The molecule has 0 aliphatic heterocycles. The molecule has 0 bridgehead atoms. The van der Waals surface area contributed by atoms with Crippen molar-refractivity contribution in [3.8, 4) is 34.0 Å². The minimum atomic E-state index is -0.694. The van der Waals surface area contributed by atoms with Gasteiger partial charge in [0.2, 0.25) is 5.75 Å². The first-order valence-corrected chi connectivity index (χ1v) is 11.4. The Bertz CT molecular complexity index is 1620. The Morgan fingerprint density at radius 2 is 1.76 bits per heavy atom. The van der Waals surface area contributed by atoms with E-state index in [-0.39, 0.29) is 35.8 Å². The van der Waals surface area contributed by atoms with Crippen LogP contribution in [0.2, 0.25) is 5.02 Å². The molecule has 186 valence electrons. The van der Waals surface area contributed by atoms with Gasteiger partial charge in [-0.2, -0.15) is 9.78 Å². The van der Waals surface area contributed by atoms with Gasteiger partial charge in [-0.25, -0.2) is 13.5 Å². The molecular weight excluding hydrogens is 504 g/mol. The average molecular weight is 522 g/mol. The van der Waals surface area contributed by atoms with Crippen molar-refractivity contribution < 1.29 is 18.6 Å². The van der Waals surface area contributed by atoms with Gasteiger partial charge in [0.05, 0.1) is 23.8 Å². The smallest absolute Gasteiger partial charge is 0.316 e. The number of hydrogen-bond acceptors (Lipinski definition) is 6. The molecule has 0 fully saturated rings. The number of nitrogens with zero attached hydrogens (tertiary/aromatic N) is 5. The van der Waals surface area contributed by atoms with E-state index in [1.165, 1.54) is 23.0 Å². The van der Waals surface area contributed by atoms with Crippen LogP contribution in [0, 0.1) is 11.6 Å². The number of aliphatic hydroxyl groups excluding tert-OH is 1. The standard InChI is InChI=1S/C26H18ClF2N5O3/c27-17-3-6-20(7-4-17)34-26(36)25(24(14-30-34)33-15-19(11-12-35)31-32-33)37-21-8-1-16(2-9-21)22-10-5-18(28)13-23(22)29/h1-10,13-15,35H,11-12H2. The molecule has 0 aliphatic carbocycles. The number of halogens is 3. The highest BCUT2D eigenvalue weighted by Gasteiger charge is 2.19. The fourth-order valence-electron chi connectivity index (χ4n) is 3.64. The SMILES string of the molecule is O=c1c(Oc2ccc(-c3ccc(F)cc3F)cc2)c(-n2cc(CCO)nn2)cnn1-c1ccc(Cl)cc1. The zero-order valence-corrected chi connectivity index (χ0v) is 19.8. The minimum absolute atomic E-state index is 0.0916. The van der Waals surface area contributed by atoms with Gasteiger partial charge in [-0.3, -0.25) is 4.79 Å². The van der Waals surface area contributed by atoms with E-state index in [1.54, 1.807) is 54.7 Å². The van der Waals surface area contributed by atoms with Crippen LogP contribution in [0.15, 0.2) is 83.9 Å². The molecule has 3 aromatic carbocycles. The lowest BCUT2D eigenvalue weighted by molar-refractivity contribution is 0.298. The molecule has 1 N–H and O–H groups in total. The summed E-state index contributed by atoms with van der Waals surface area (Å²) in [5, 5.41) is 22.0. The van der Waals surface area contributed by atoms with Crippen LogP contribution in [0.1, 0.15) is 5.69 Å². The van der Waals surface area contributed by atoms with Gasteiger partial charge in [-0.15, -0.1) is 5.10 Å². The van der Waals surface area contributed by atoms with Gasteiger partial charge >= 0.3 is 5.56 Å². The Balaban J connectivity index is 1.55. The summed E-state index contributed by atoms with van der Waals surface area (Å²) in [4.78, 5) is 13.5. The molecule has 0 saturated heterocycles. The summed E-state index contributed by atoms with van der Waals surface area (Å²) in [6.07, 6.45) is 3.25. The Morgan fingerprint density at radius 1 is 1.00 bits per heavy atom.